The summed E-state index contributed by atoms with van der Waals surface area (Å²) in [6.45, 7) is 3.72. The molecule has 6 heteroatoms. The zero-order valence-electron chi connectivity index (χ0n) is 11.3. The molecule has 1 atom stereocenters. The number of benzene rings is 1. The maximum atomic E-state index is 12.2. The standard InChI is InChI=1S/C14H16Cl2N2O2/c1-14(2,9-4-3-8(15)7-10(9)16)18-13(20)11-5-6-12(19)17-11/h3-4,7,11H,5-6H2,1-2H3,(H,17,19)(H,18,20). The molecule has 0 aromatic heterocycles. The fraction of sp³-hybridized carbons (Fsp3) is 0.429. The summed E-state index contributed by atoms with van der Waals surface area (Å²) in [5.74, 6) is -0.292. The van der Waals surface area contributed by atoms with E-state index in [2.05, 4.69) is 10.6 Å². The summed E-state index contributed by atoms with van der Waals surface area (Å²) in [6, 6.07) is 4.70. The number of rotatable bonds is 3. The number of hydrogen-bond acceptors (Lipinski definition) is 2. The van der Waals surface area contributed by atoms with Gasteiger partial charge in [-0.2, -0.15) is 0 Å². The summed E-state index contributed by atoms with van der Waals surface area (Å²) in [5.41, 5.74) is 0.132. The van der Waals surface area contributed by atoms with E-state index < -0.39 is 11.6 Å². The number of amides is 2. The largest absolute Gasteiger partial charge is 0.345 e. The second kappa shape index (κ2) is 5.62. The maximum Gasteiger partial charge on any atom is 0.243 e. The lowest BCUT2D eigenvalue weighted by atomic mass is 9.93. The van der Waals surface area contributed by atoms with Gasteiger partial charge in [0.25, 0.3) is 0 Å². The van der Waals surface area contributed by atoms with Crippen LogP contribution in [-0.4, -0.2) is 17.9 Å². The lowest BCUT2D eigenvalue weighted by Gasteiger charge is -2.29. The molecule has 0 aliphatic carbocycles. The van der Waals surface area contributed by atoms with Gasteiger partial charge in [-0.25, -0.2) is 0 Å². The quantitative estimate of drug-likeness (QED) is 0.901. The number of carbonyl (C=O) groups excluding carboxylic acids is 2. The minimum Gasteiger partial charge on any atom is -0.345 e. The monoisotopic (exact) mass is 314 g/mol. The number of carbonyl (C=O) groups is 2. The van der Waals surface area contributed by atoms with Gasteiger partial charge in [-0.05, 0) is 38.0 Å². The molecule has 2 amide bonds. The van der Waals surface area contributed by atoms with Crippen molar-refractivity contribution in [3.63, 3.8) is 0 Å². The van der Waals surface area contributed by atoms with Crippen LogP contribution in [0.3, 0.4) is 0 Å². The highest BCUT2D eigenvalue weighted by atomic mass is 35.5. The topological polar surface area (TPSA) is 58.2 Å². The molecule has 1 fully saturated rings. The van der Waals surface area contributed by atoms with Crippen LogP contribution in [-0.2, 0) is 15.1 Å². The van der Waals surface area contributed by atoms with Crippen molar-refractivity contribution in [3.8, 4) is 0 Å². The Morgan fingerprint density at radius 1 is 1.40 bits per heavy atom. The number of nitrogens with one attached hydrogen (secondary N) is 2. The Morgan fingerprint density at radius 3 is 2.65 bits per heavy atom. The highest BCUT2D eigenvalue weighted by Crippen LogP contribution is 2.30. The predicted molar refractivity (Wildman–Crippen MR) is 78.8 cm³/mol. The molecular weight excluding hydrogens is 299 g/mol. The zero-order chi connectivity index (χ0) is 14.9. The van der Waals surface area contributed by atoms with E-state index in [-0.39, 0.29) is 11.8 Å². The highest BCUT2D eigenvalue weighted by molar-refractivity contribution is 6.35. The summed E-state index contributed by atoms with van der Waals surface area (Å²) in [6.07, 6.45) is 0.912. The Morgan fingerprint density at radius 2 is 2.10 bits per heavy atom. The molecule has 20 heavy (non-hydrogen) atoms. The van der Waals surface area contributed by atoms with Crippen LogP contribution < -0.4 is 10.6 Å². The minimum atomic E-state index is -0.647. The Hall–Kier alpha value is -1.26. The normalized spacial score (nSPS) is 18.8. The molecule has 108 valence electrons. The molecule has 1 heterocycles. The third kappa shape index (κ3) is 3.25. The van der Waals surface area contributed by atoms with Crippen LogP contribution >= 0.6 is 23.2 Å². The Kier molecular flexibility index (Phi) is 4.25. The Bertz CT molecular complexity index is 558. The first kappa shape index (κ1) is 15.1. The Balaban J connectivity index is 2.14. The molecule has 1 aromatic rings. The lowest BCUT2D eigenvalue weighted by Crippen LogP contribution is -2.49. The van der Waals surface area contributed by atoms with E-state index >= 15 is 0 Å². The van der Waals surface area contributed by atoms with Crippen molar-refractivity contribution in [2.75, 3.05) is 0 Å². The number of halogens is 2. The van der Waals surface area contributed by atoms with Gasteiger partial charge in [0.2, 0.25) is 11.8 Å². The van der Waals surface area contributed by atoms with Crippen molar-refractivity contribution in [2.45, 2.75) is 38.3 Å². The van der Waals surface area contributed by atoms with Crippen molar-refractivity contribution in [2.24, 2.45) is 0 Å². The van der Waals surface area contributed by atoms with Crippen LogP contribution in [0.4, 0.5) is 0 Å². The molecule has 1 aromatic carbocycles. The molecule has 0 saturated carbocycles. The summed E-state index contributed by atoms with van der Waals surface area (Å²) >= 11 is 12.0. The number of hydrogen-bond donors (Lipinski definition) is 2. The molecule has 2 rings (SSSR count). The van der Waals surface area contributed by atoms with Crippen molar-refractivity contribution in [3.05, 3.63) is 33.8 Å². The van der Waals surface area contributed by atoms with Gasteiger partial charge in [0.15, 0.2) is 0 Å². The second-order valence-electron chi connectivity index (χ2n) is 5.40. The SMILES string of the molecule is CC(C)(NC(=O)C1CCC(=O)N1)c1ccc(Cl)cc1Cl. The van der Waals surface area contributed by atoms with Crippen LogP contribution in [0.5, 0.6) is 0 Å². The third-order valence-electron chi connectivity index (χ3n) is 3.35. The van der Waals surface area contributed by atoms with Crippen LogP contribution in [0.25, 0.3) is 0 Å². The van der Waals surface area contributed by atoms with E-state index in [0.29, 0.717) is 22.9 Å². The molecule has 1 aliphatic rings. The molecular formula is C14H16Cl2N2O2. The second-order valence-corrected chi connectivity index (χ2v) is 6.24. The van der Waals surface area contributed by atoms with Crippen molar-refractivity contribution >= 4 is 35.0 Å². The lowest BCUT2D eigenvalue weighted by molar-refractivity contribution is -0.127. The summed E-state index contributed by atoms with van der Waals surface area (Å²) in [4.78, 5) is 23.3. The molecule has 0 spiro atoms. The van der Waals surface area contributed by atoms with Gasteiger partial charge in [-0.3, -0.25) is 9.59 Å². The zero-order valence-corrected chi connectivity index (χ0v) is 12.8. The Labute approximate surface area is 127 Å². The van der Waals surface area contributed by atoms with Gasteiger partial charge in [-0.1, -0.05) is 29.3 Å². The van der Waals surface area contributed by atoms with Gasteiger partial charge in [-0.15, -0.1) is 0 Å². The van der Waals surface area contributed by atoms with Crippen molar-refractivity contribution in [1.82, 2.24) is 10.6 Å². The molecule has 2 N–H and O–H groups in total. The van der Waals surface area contributed by atoms with Crippen LogP contribution in [0.2, 0.25) is 10.0 Å². The average molecular weight is 315 g/mol. The van der Waals surface area contributed by atoms with Gasteiger partial charge >= 0.3 is 0 Å². The molecule has 1 saturated heterocycles. The molecule has 0 bridgehead atoms. The van der Waals surface area contributed by atoms with Gasteiger partial charge < -0.3 is 10.6 Å². The first-order valence-corrected chi connectivity index (χ1v) is 7.12. The molecule has 1 aliphatic heterocycles. The van der Waals surface area contributed by atoms with E-state index in [1.165, 1.54) is 0 Å². The van der Waals surface area contributed by atoms with Crippen LogP contribution in [0.1, 0.15) is 32.3 Å². The molecule has 4 nitrogen and oxygen atoms in total. The minimum absolute atomic E-state index is 0.0903. The highest BCUT2D eigenvalue weighted by Gasteiger charge is 2.32. The maximum absolute atomic E-state index is 12.2. The first-order valence-electron chi connectivity index (χ1n) is 6.36. The summed E-state index contributed by atoms with van der Waals surface area (Å²) < 4.78 is 0. The van der Waals surface area contributed by atoms with Crippen LogP contribution in [0.15, 0.2) is 18.2 Å². The molecule has 0 radical (unpaired) electrons. The average Bonchev–Trinajstić information content (AvgIpc) is 2.74. The van der Waals surface area contributed by atoms with E-state index in [4.69, 9.17) is 23.2 Å². The fourth-order valence-corrected chi connectivity index (χ4v) is 2.91. The predicted octanol–water partition coefficient (Wildman–Crippen LogP) is 2.62. The third-order valence-corrected chi connectivity index (χ3v) is 3.90. The fourth-order valence-electron chi connectivity index (χ4n) is 2.27. The van der Waals surface area contributed by atoms with E-state index in [9.17, 15) is 9.59 Å². The smallest absolute Gasteiger partial charge is 0.243 e. The van der Waals surface area contributed by atoms with E-state index in [1.54, 1.807) is 18.2 Å². The van der Waals surface area contributed by atoms with Gasteiger partial charge in [0, 0.05) is 16.5 Å². The van der Waals surface area contributed by atoms with E-state index in [0.717, 1.165) is 5.56 Å². The van der Waals surface area contributed by atoms with E-state index in [1.807, 2.05) is 13.8 Å². The molecule has 1 unspecified atom stereocenters. The van der Waals surface area contributed by atoms with Crippen LogP contribution in [0, 0.1) is 0 Å². The van der Waals surface area contributed by atoms with Gasteiger partial charge in [0.05, 0.1) is 5.54 Å². The summed E-state index contributed by atoms with van der Waals surface area (Å²) in [5, 5.41) is 6.60. The van der Waals surface area contributed by atoms with Gasteiger partial charge in [0.1, 0.15) is 6.04 Å². The first-order chi connectivity index (χ1) is 9.29. The summed E-state index contributed by atoms with van der Waals surface area (Å²) in [7, 11) is 0. The van der Waals surface area contributed by atoms with Crippen molar-refractivity contribution in [1.29, 1.82) is 0 Å². The van der Waals surface area contributed by atoms with Crippen molar-refractivity contribution < 1.29 is 9.59 Å².